The van der Waals surface area contributed by atoms with Crippen LogP contribution in [-0.4, -0.2) is 38.4 Å². The molecule has 0 aromatic carbocycles. The van der Waals surface area contributed by atoms with E-state index in [1.807, 2.05) is 18.6 Å². The highest BCUT2D eigenvalue weighted by Gasteiger charge is 2.22. The van der Waals surface area contributed by atoms with Gasteiger partial charge in [-0.15, -0.1) is 11.3 Å². The van der Waals surface area contributed by atoms with E-state index in [1.54, 1.807) is 11.3 Å². The number of aromatic nitrogens is 3. The number of hydrogen-bond acceptors (Lipinski definition) is 5. The summed E-state index contributed by atoms with van der Waals surface area (Å²) in [5, 5.41) is 3.44. The van der Waals surface area contributed by atoms with Crippen molar-refractivity contribution < 1.29 is 4.79 Å². The van der Waals surface area contributed by atoms with E-state index in [0.29, 0.717) is 11.0 Å². The van der Waals surface area contributed by atoms with Crippen LogP contribution in [0.1, 0.15) is 30.5 Å². The lowest BCUT2D eigenvalue weighted by atomic mass is 9.94. The third-order valence-corrected chi connectivity index (χ3v) is 5.11. The smallest absolute Gasteiger partial charge is 0.223 e. The SMILES string of the molecule is CC(=O)Nc1ncc(CN2CCCC(Cc3nccn3C)C2)s1. The van der Waals surface area contributed by atoms with Gasteiger partial charge in [0, 0.05) is 56.9 Å². The molecule has 124 valence electrons. The van der Waals surface area contributed by atoms with E-state index in [1.165, 1.54) is 30.5 Å². The van der Waals surface area contributed by atoms with Gasteiger partial charge in [-0.05, 0) is 25.3 Å². The molecular weight excluding hydrogens is 310 g/mol. The summed E-state index contributed by atoms with van der Waals surface area (Å²) >= 11 is 1.56. The predicted octanol–water partition coefficient (Wildman–Crippen LogP) is 2.29. The fourth-order valence-electron chi connectivity index (χ4n) is 3.12. The lowest BCUT2D eigenvalue weighted by Crippen LogP contribution is -2.35. The van der Waals surface area contributed by atoms with Crippen molar-refractivity contribution in [1.82, 2.24) is 19.4 Å². The quantitative estimate of drug-likeness (QED) is 0.912. The number of likely N-dealkylation sites (tertiary alicyclic amines) is 1. The Morgan fingerprint density at radius 1 is 1.48 bits per heavy atom. The Morgan fingerprint density at radius 2 is 2.35 bits per heavy atom. The van der Waals surface area contributed by atoms with E-state index in [4.69, 9.17) is 0 Å². The fraction of sp³-hybridized carbons (Fsp3) is 0.562. The number of thiazole rings is 1. The van der Waals surface area contributed by atoms with Gasteiger partial charge in [-0.25, -0.2) is 9.97 Å². The summed E-state index contributed by atoms with van der Waals surface area (Å²) in [4.78, 5) is 23.5. The molecule has 1 atom stereocenters. The summed E-state index contributed by atoms with van der Waals surface area (Å²) in [6, 6.07) is 0. The van der Waals surface area contributed by atoms with Crippen molar-refractivity contribution in [2.75, 3.05) is 18.4 Å². The van der Waals surface area contributed by atoms with Crippen molar-refractivity contribution in [2.24, 2.45) is 13.0 Å². The molecule has 23 heavy (non-hydrogen) atoms. The number of hydrogen-bond donors (Lipinski definition) is 1. The molecule has 2 aromatic rings. The molecular formula is C16H23N5OS. The van der Waals surface area contributed by atoms with Gasteiger partial charge in [-0.3, -0.25) is 9.69 Å². The molecule has 2 aromatic heterocycles. The number of imidazole rings is 1. The van der Waals surface area contributed by atoms with Crippen LogP contribution in [0.4, 0.5) is 5.13 Å². The summed E-state index contributed by atoms with van der Waals surface area (Å²) in [6.45, 7) is 4.65. The number of amides is 1. The first kappa shape index (κ1) is 16.1. The maximum atomic E-state index is 11.1. The minimum Gasteiger partial charge on any atom is -0.338 e. The largest absolute Gasteiger partial charge is 0.338 e. The summed E-state index contributed by atoms with van der Waals surface area (Å²) in [5.41, 5.74) is 0. The molecule has 7 heteroatoms. The van der Waals surface area contributed by atoms with Gasteiger partial charge in [0.1, 0.15) is 5.82 Å². The van der Waals surface area contributed by atoms with E-state index in [9.17, 15) is 4.79 Å². The first-order valence-electron chi connectivity index (χ1n) is 8.01. The summed E-state index contributed by atoms with van der Waals surface area (Å²) in [6.07, 6.45) is 9.29. The van der Waals surface area contributed by atoms with Gasteiger partial charge in [-0.2, -0.15) is 0 Å². The molecule has 0 spiro atoms. The van der Waals surface area contributed by atoms with Gasteiger partial charge >= 0.3 is 0 Å². The van der Waals surface area contributed by atoms with Crippen LogP contribution in [0.3, 0.4) is 0 Å². The lowest BCUT2D eigenvalue weighted by Gasteiger charge is -2.32. The average molecular weight is 333 g/mol. The number of anilines is 1. The van der Waals surface area contributed by atoms with Gasteiger partial charge in [0.25, 0.3) is 0 Å². The molecule has 0 aliphatic carbocycles. The molecule has 1 aliphatic rings. The molecule has 3 heterocycles. The Hall–Kier alpha value is -1.73. The molecule has 1 aliphatic heterocycles. The highest BCUT2D eigenvalue weighted by molar-refractivity contribution is 7.15. The van der Waals surface area contributed by atoms with Crippen LogP contribution in [0.25, 0.3) is 0 Å². The Bertz CT molecular complexity index is 665. The fourth-order valence-corrected chi connectivity index (χ4v) is 4.02. The van der Waals surface area contributed by atoms with E-state index < -0.39 is 0 Å². The summed E-state index contributed by atoms with van der Waals surface area (Å²) in [7, 11) is 2.06. The van der Waals surface area contributed by atoms with E-state index in [0.717, 1.165) is 26.1 Å². The van der Waals surface area contributed by atoms with E-state index in [2.05, 4.69) is 31.8 Å². The van der Waals surface area contributed by atoms with Gasteiger partial charge in [0.15, 0.2) is 5.13 Å². The topological polar surface area (TPSA) is 63.1 Å². The van der Waals surface area contributed by atoms with Gasteiger partial charge < -0.3 is 9.88 Å². The van der Waals surface area contributed by atoms with Crippen molar-refractivity contribution in [1.29, 1.82) is 0 Å². The number of nitrogens with zero attached hydrogens (tertiary/aromatic N) is 4. The third-order valence-electron chi connectivity index (χ3n) is 4.21. The van der Waals surface area contributed by atoms with Crippen molar-refractivity contribution in [2.45, 2.75) is 32.7 Å². The molecule has 3 rings (SSSR count). The van der Waals surface area contributed by atoms with Crippen LogP contribution in [0.15, 0.2) is 18.6 Å². The van der Waals surface area contributed by atoms with Gasteiger partial charge in [0.2, 0.25) is 5.91 Å². The Labute approximate surface area is 140 Å². The highest BCUT2D eigenvalue weighted by Crippen LogP contribution is 2.24. The second-order valence-corrected chi connectivity index (χ2v) is 7.33. The summed E-state index contributed by atoms with van der Waals surface area (Å²) in [5.74, 6) is 1.76. The molecule has 1 N–H and O–H groups in total. The summed E-state index contributed by atoms with van der Waals surface area (Å²) < 4.78 is 2.11. The minimum absolute atomic E-state index is 0.0704. The first-order chi connectivity index (χ1) is 11.1. The average Bonchev–Trinajstić information content (AvgIpc) is 3.09. The van der Waals surface area contributed by atoms with Crippen LogP contribution in [-0.2, 0) is 24.8 Å². The minimum atomic E-state index is -0.0704. The molecule has 0 radical (unpaired) electrons. The maximum Gasteiger partial charge on any atom is 0.223 e. The first-order valence-corrected chi connectivity index (χ1v) is 8.82. The van der Waals surface area contributed by atoms with E-state index >= 15 is 0 Å². The van der Waals surface area contributed by atoms with Gasteiger partial charge in [0.05, 0.1) is 0 Å². The zero-order chi connectivity index (χ0) is 16.2. The number of nitrogens with one attached hydrogen (secondary N) is 1. The van der Waals surface area contributed by atoms with Crippen molar-refractivity contribution >= 4 is 22.4 Å². The zero-order valence-corrected chi connectivity index (χ0v) is 14.5. The molecule has 1 saturated heterocycles. The second kappa shape index (κ2) is 7.23. The van der Waals surface area contributed by atoms with Crippen LogP contribution in [0.5, 0.6) is 0 Å². The zero-order valence-electron chi connectivity index (χ0n) is 13.7. The predicted molar refractivity (Wildman–Crippen MR) is 91.3 cm³/mol. The van der Waals surface area contributed by atoms with Crippen LogP contribution >= 0.6 is 11.3 Å². The van der Waals surface area contributed by atoms with Crippen molar-refractivity contribution in [3.63, 3.8) is 0 Å². The molecule has 1 fully saturated rings. The molecule has 0 bridgehead atoms. The number of piperidine rings is 1. The molecule has 1 unspecified atom stereocenters. The third kappa shape index (κ3) is 4.39. The standard InChI is InChI=1S/C16H23N5OS/c1-12(22)19-16-18-9-14(23-16)11-21-6-3-4-13(10-21)8-15-17-5-7-20(15)2/h5,7,9,13H,3-4,6,8,10-11H2,1-2H3,(H,18,19,22). The number of carbonyl (C=O) groups excluding carboxylic acids is 1. The Kier molecular flexibility index (Phi) is 5.07. The maximum absolute atomic E-state index is 11.1. The molecule has 6 nitrogen and oxygen atoms in total. The number of aryl methyl sites for hydroxylation is 1. The molecule has 0 saturated carbocycles. The Balaban J connectivity index is 1.55. The van der Waals surface area contributed by atoms with Gasteiger partial charge in [-0.1, -0.05) is 0 Å². The van der Waals surface area contributed by atoms with Crippen molar-refractivity contribution in [3.8, 4) is 0 Å². The second-order valence-electron chi connectivity index (χ2n) is 6.21. The number of carbonyl (C=O) groups is 1. The van der Waals surface area contributed by atoms with Crippen LogP contribution in [0.2, 0.25) is 0 Å². The Morgan fingerprint density at radius 3 is 3.09 bits per heavy atom. The monoisotopic (exact) mass is 333 g/mol. The number of rotatable bonds is 5. The lowest BCUT2D eigenvalue weighted by molar-refractivity contribution is -0.114. The van der Waals surface area contributed by atoms with Crippen molar-refractivity contribution in [3.05, 3.63) is 29.3 Å². The highest BCUT2D eigenvalue weighted by atomic mass is 32.1. The van der Waals surface area contributed by atoms with E-state index in [-0.39, 0.29) is 5.91 Å². The van der Waals surface area contributed by atoms with Crippen LogP contribution < -0.4 is 5.32 Å². The van der Waals surface area contributed by atoms with Crippen LogP contribution in [0, 0.1) is 5.92 Å². The normalized spacial score (nSPS) is 19.0. The molecule has 1 amide bonds.